The molecule has 1 saturated heterocycles. The Morgan fingerprint density at radius 3 is 2.37 bits per heavy atom. The van der Waals surface area contributed by atoms with E-state index in [4.69, 9.17) is 23.2 Å². The number of benzene rings is 2. The number of nitrogens with one attached hydrogen (secondary N) is 2. The lowest BCUT2D eigenvalue weighted by atomic mass is 10.1. The summed E-state index contributed by atoms with van der Waals surface area (Å²) in [7, 11) is 0. The van der Waals surface area contributed by atoms with Gasteiger partial charge >= 0.3 is 0 Å². The summed E-state index contributed by atoms with van der Waals surface area (Å²) >= 11 is 9.68. The smallest absolute Gasteiger partial charge is 0.209 e. The molecule has 1 aromatic heterocycles. The predicted molar refractivity (Wildman–Crippen MR) is 122 cm³/mol. The summed E-state index contributed by atoms with van der Waals surface area (Å²) in [4.78, 5) is 16.8. The van der Waals surface area contributed by atoms with Crippen molar-refractivity contribution in [1.29, 1.82) is 0 Å². The molecule has 0 aliphatic carbocycles. The Hall–Kier alpha value is -1.55. The van der Waals surface area contributed by atoms with E-state index >= 15 is 0 Å². The molecule has 0 bridgehead atoms. The first-order valence-electron chi connectivity index (χ1n) is 9.31. The number of aromatic nitrogens is 1. The quantitative estimate of drug-likeness (QED) is 0.402. The first-order valence-corrected chi connectivity index (χ1v) is 12.4. The van der Waals surface area contributed by atoms with Crippen LogP contribution >= 0.6 is 23.2 Å². The summed E-state index contributed by atoms with van der Waals surface area (Å²) in [6, 6.07) is 10.4. The van der Waals surface area contributed by atoms with Crippen LogP contribution in [0.5, 0.6) is 0 Å². The minimum absolute atomic E-state index is 0.0238. The zero-order chi connectivity index (χ0) is 21.3. The van der Waals surface area contributed by atoms with Crippen LogP contribution in [-0.4, -0.2) is 43.7 Å². The van der Waals surface area contributed by atoms with Gasteiger partial charge in [-0.05, 0) is 35.4 Å². The maximum Gasteiger partial charge on any atom is 0.209 e. The molecule has 4 rings (SSSR count). The van der Waals surface area contributed by atoms with Crippen LogP contribution in [0.1, 0.15) is 12.8 Å². The average Bonchev–Trinajstić information content (AvgIpc) is 3.18. The van der Waals surface area contributed by atoms with Crippen LogP contribution in [-0.2, 0) is 27.3 Å². The van der Waals surface area contributed by atoms with Gasteiger partial charge < -0.3 is 19.0 Å². The summed E-state index contributed by atoms with van der Waals surface area (Å²) in [5.74, 6) is 0. The van der Waals surface area contributed by atoms with Gasteiger partial charge in [-0.2, -0.15) is 0 Å². The number of amides is 1. The molecule has 2 heterocycles. The molecule has 1 amide bonds. The van der Waals surface area contributed by atoms with E-state index in [0.717, 1.165) is 6.41 Å². The lowest BCUT2D eigenvalue weighted by molar-refractivity contribution is -0.118. The van der Waals surface area contributed by atoms with Gasteiger partial charge in [-0.15, -0.1) is 0 Å². The van der Waals surface area contributed by atoms with Crippen molar-refractivity contribution in [2.45, 2.75) is 27.9 Å². The van der Waals surface area contributed by atoms with Crippen LogP contribution in [0.15, 0.2) is 52.4 Å². The lowest BCUT2D eigenvalue weighted by Crippen LogP contribution is -2.38. The third-order valence-electron chi connectivity index (χ3n) is 5.14. The second-order valence-corrected chi connectivity index (χ2v) is 10.7. The molecule has 10 heteroatoms. The van der Waals surface area contributed by atoms with E-state index in [1.165, 1.54) is 0 Å². The second kappa shape index (κ2) is 9.30. The number of fused-ring (bicyclic) bond motifs is 1. The average molecular weight is 484 g/mol. The van der Waals surface area contributed by atoms with E-state index < -0.39 is 22.5 Å². The molecule has 2 atom stereocenters. The van der Waals surface area contributed by atoms with Crippen molar-refractivity contribution in [3.05, 3.63) is 52.6 Å². The number of carbonyl (C=O) groups excluding carboxylic acids is 1. The Morgan fingerprint density at radius 2 is 1.70 bits per heavy atom. The molecule has 2 aromatic carbocycles. The van der Waals surface area contributed by atoms with Gasteiger partial charge in [-0.3, -0.25) is 4.79 Å². The highest BCUT2D eigenvalue weighted by molar-refractivity contribution is 7.93. The highest BCUT2D eigenvalue weighted by Crippen LogP contribution is 2.35. The number of piperidine rings is 1. The number of hydrogen-bond donors (Lipinski definition) is 2. The number of aromatic amines is 1. The summed E-state index contributed by atoms with van der Waals surface area (Å²) in [5, 5.41) is 1.70. The van der Waals surface area contributed by atoms with E-state index in [2.05, 4.69) is 9.71 Å². The van der Waals surface area contributed by atoms with Crippen LogP contribution in [0.4, 0.5) is 5.69 Å². The van der Waals surface area contributed by atoms with Crippen molar-refractivity contribution in [2.24, 2.45) is 0 Å². The van der Waals surface area contributed by atoms with Gasteiger partial charge in [-0.1, -0.05) is 23.2 Å². The zero-order valence-electron chi connectivity index (χ0n) is 15.8. The molecular weight excluding hydrogens is 465 g/mol. The van der Waals surface area contributed by atoms with Gasteiger partial charge in [0.25, 0.3) is 0 Å². The Kier molecular flexibility index (Phi) is 6.72. The summed E-state index contributed by atoms with van der Waals surface area (Å²) in [5.41, 5.74) is 1.30. The predicted octanol–water partition coefficient (Wildman–Crippen LogP) is 4.34. The number of H-pyrrole nitrogens is 1. The van der Waals surface area contributed by atoms with E-state index in [1.54, 1.807) is 47.5 Å². The number of likely N-dealkylation sites (tertiary alicyclic amines) is 1. The van der Waals surface area contributed by atoms with Crippen molar-refractivity contribution in [3.8, 4) is 0 Å². The Balaban J connectivity index is 1.45. The van der Waals surface area contributed by atoms with Crippen LogP contribution < -0.4 is 4.72 Å². The molecule has 2 unspecified atom stereocenters. The Bertz CT molecular complexity index is 1040. The molecule has 2 N–H and O–H groups in total. The van der Waals surface area contributed by atoms with Crippen molar-refractivity contribution in [1.82, 2.24) is 9.88 Å². The standard InChI is InChI=1S/C20H19Cl2N3O3S2/c21-16-5-6-18(20-19(16)17(22)11-23-20)24-30(28)15-3-1-13(2-4-15)29(27)14-7-9-25(12-26)10-8-14/h1-6,11-12,14,23-24H,7-10H2. The molecule has 1 aliphatic heterocycles. The molecule has 30 heavy (non-hydrogen) atoms. The molecule has 158 valence electrons. The molecule has 0 saturated carbocycles. The molecule has 0 spiro atoms. The van der Waals surface area contributed by atoms with Gasteiger partial charge in [0.1, 0.15) is 22.3 Å². The maximum atomic E-state index is 12.8. The first-order chi connectivity index (χ1) is 14.5. The number of anilines is 1. The highest BCUT2D eigenvalue weighted by Gasteiger charge is 2.29. The molecular formula is C20H19Cl2N3O3S2. The van der Waals surface area contributed by atoms with Crippen LogP contribution in [0.2, 0.25) is 10.0 Å². The summed E-state index contributed by atoms with van der Waals surface area (Å²) < 4.78 is 28.6. The lowest BCUT2D eigenvalue weighted by Gasteiger charge is -2.30. The largest absolute Gasteiger partial charge is 0.611 e. The van der Waals surface area contributed by atoms with Crippen molar-refractivity contribution >= 4 is 68.7 Å². The Morgan fingerprint density at radius 1 is 1.03 bits per heavy atom. The first kappa shape index (κ1) is 21.7. The Labute approximate surface area is 190 Å². The fourth-order valence-corrected chi connectivity index (χ4v) is 6.35. The van der Waals surface area contributed by atoms with Crippen LogP contribution in [0.25, 0.3) is 10.9 Å². The zero-order valence-corrected chi connectivity index (χ0v) is 18.9. The van der Waals surface area contributed by atoms with Crippen molar-refractivity contribution in [2.75, 3.05) is 17.8 Å². The molecule has 6 nitrogen and oxygen atoms in total. The fourth-order valence-electron chi connectivity index (χ4n) is 3.50. The van der Waals surface area contributed by atoms with Gasteiger partial charge in [-0.25, -0.2) is 4.72 Å². The normalized spacial score (nSPS) is 17.1. The van der Waals surface area contributed by atoms with E-state index in [0.29, 0.717) is 62.4 Å². The van der Waals surface area contributed by atoms with Crippen LogP contribution in [0, 0.1) is 0 Å². The van der Waals surface area contributed by atoms with Crippen molar-refractivity contribution < 1.29 is 13.9 Å². The number of rotatable bonds is 6. The molecule has 1 fully saturated rings. The molecule has 1 aliphatic rings. The van der Waals surface area contributed by atoms with Crippen LogP contribution in [0.3, 0.4) is 0 Å². The fraction of sp³-hybridized carbons (Fsp3) is 0.250. The van der Waals surface area contributed by atoms with E-state index in [-0.39, 0.29) is 5.25 Å². The second-order valence-electron chi connectivity index (χ2n) is 6.96. The van der Waals surface area contributed by atoms with Gasteiger partial charge in [0.05, 0.1) is 15.6 Å². The highest BCUT2D eigenvalue weighted by atomic mass is 35.5. The summed E-state index contributed by atoms with van der Waals surface area (Å²) in [6.45, 7) is 1.26. The maximum absolute atomic E-state index is 12.8. The topological polar surface area (TPSA) is 94.2 Å². The van der Waals surface area contributed by atoms with E-state index in [1.807, 2.05) is 0 Å². The third-order valence-corrected chi connectivity index (χ3v) is 8.67. The summed E-state index contributed by atoms with van der Waals surface area (Å²) in [6.07, 6.45) is 3.90. The van der Waals surface area contributed by atoms with Gasteiger partial charge in [0.2, 0.25) is 6.41 Å². The number of carbonyl (C=O) groups is 1. The minimum Gasteiger partial charge on any atom is -0.611 e. The number of halogens is 2. The van der Waals surface area contributed by atoms with Gasteiger partial charge in [0, 0.05) is 49.6 Å². The number of hydrogen-bond acceptors (Lipinski definition) is 4. The number of nitrogens with zero attached hydrogens (tertiary/aromatic N) is 1. The molecule has 0 radical (unpaired) electrons. The third kappa shape index (κ3) is 4.39. The van der Waals surface area contributed by atoms with Crippen molar-refractivity contribution in [3.63, 3.8) is 0 Å². The SMILES string of the molecule is O=CN1CCC([S+]([O-])c2ccc([S+]([O-])Nc3ccc(Cl)c4c(Cl)c[nH]c34)cc2)CC1. The minimum atomic E-state index is -1.52. The van der Waals surface area contributed by atoms with E-state index in [9.17, 15) is 13.9 Å². The monoisotopic (exact) mass is 483 g/mol. The molecule has 3 aromatic rings. The van der Waals surface area contributed by atoms with Gasteiger partial charge in [0.15, 0.2) is 9.79 Å².